The summed E-state index contributed by atoms with van der Waals surface area (Å²) in [5.41, 5.74) is 7.35. The first-order valence-electron chi connectivity index (χ1n) is 8.90. The van der Waals surface area contributed by atoms with Gasteiger partial charge in [0, 0.05) is 25.2 Å². The highest BCUT2D eigenvalue weighted by atomic mass is 32.1. The standard InChI is InChI=1S/C21H18N6O2S2/c1-26(20(30)16-7-3-14(12-22)4-8-16)24-18(28)11-19(29)25-27(2)21(31)17-9-5-15(13-23)6-10-17/h3-10H,11H2,1-2H3,(H,24,28)(H,25,29). The van der Waals surface area contributed by atoms with E-state index in [1.807, 2.05) is 12.1 Å². The number of hydrazine groups is 2. The fraction of sp³-hybridized carbons (Fsp3) is 0.143. The molecule has 0 fully saturated rings. The normalized spacial score (nSPS) is 9.55. The molecule has 8 nitrogen and oxygen atoms in total. The molecule has 0 spiro atoms. The van der Waals surface area contributed by atoms with E-state index < -0.39 is 18.2 Å². The fourth-order valence-corrected chi connectivity index (χ4v) is 2.83. The van der Waals surface area contributed by atoms with E-state index in [2.05, 4.69) is 10.9 Å². The highest BCUT2D eigenvalue weighted by Gasteiger charge is 2.16. The summed E-state index contributed by atoms with van der Waals surface area (Å²) in [6.07, 6.45) is -0.444. The molecule has 0 bridgehead atoms. The monoisotopic (exact) mass is 450 g/mol. The van der Waals surface area contributed by atoms with E-state index in [9.17, 15) is 9.59 Å². The molecule has 0 unspecified atom stereocenters. The van der Waals surface area contributed by atoms with Gasteiger partial charge < -0.3 is 0 Å². The number of amides is 2. The van der Waals surface area contributed by atoms with E-state index in [0.29, 0.717) is 32.2 Å². The van der Waals surface area contributed by atoms with Crippen molar-refractivity contribution in [3.63, 3.8) is 0 Å². The number of hydrogen-bond donors (Lipinski definition) is 2. The first kappa shape index (κ1) is 23.4. The third kappa shape index (κ3) is 6.57. The van der Waals surface area contributed by atoms with Gasteiger partial charge in [-0.1, -0.05) is 48.7 Å². The Morgan fingerprint density at radius 1 is 0.774 bits per heavy atom. The van der Waals surface area contributed by atoms with Crippen LogP contribution in [0.4, 0.5) is 0 Å². The quantitative estimate of drug-likeness (QED) is 0.412. The first-order chi connectivity index (χ1) is 14.7. The van der Waals surface area contributed by atoms with Crippen LogP contribution in [-0.2, 0) is 9.59 Å². The van der Waals surface area contributed by atoms with E-state index >= 15 is 0 Å². The zero-order chi connectivity index (χ0) is 23.0. The summed E-state index contributed by atoms with van der Waals surface area (Å²) in [7, 11) is 3.12. The van der Waals surface area contributed by atoms with Crippen LogP contribution in [0.2, 0.25) is 0 Å². The van der Waals surface area contributed by atoms with Gasteiger partial charge in [0.05, 0.1) is 23.3 Å². The molecule has 2 aromatic carbocycles. The van der Waals surface area contributed by atoms with Crippen LogP contribution in [0.5, 0.6) is 0 Å². The van der Waals surface area contributed by atoms with E-state index in [4.69, 9.17) is 35.0 Å². The van der Waals surface area contributed by atoms with E-state index in [1.54, 1.807) is 62.6 Å². The molecule has 0 radical (unpaired) electrons. The summed E-state index contributed by atoms with van der Waals surface area (Å²) in [5.74, 6) is -1.12. The molecule has 0 saturated carbocycles. The van der Waals surface area contributed by atoms with Crippen LogP contribution >= 0.6 is 24.4 Å². The second kappa shape index (κ2) is 10.8. The van der Waals surface area contributed by atoms with Crippen molar-refractivity contribution in [2.24, 2.45) is 0 Å². The molecule has 0 saturated heterocycles. The Morgan fingerprint density at radius 3 is 1.39 bits per heavy atom. The van der Waals surface area contributed by atoms with Gasteiger partial charge in [0.25, 0.3) is 0 Å². The SMILES string of the molecule is CN(NC(=O)CC(=O)NN(C)C(=S)c1ccc(C#N)cc1)C(=S)c1ccc(C#N)cc1. The lowest BCUT2D eigenvalue weighted by Gasteiger charge is -2.23. The second-order valence-corrected chi connectivity index (χ2v) is 7.13. The summed E-state index contributed by atoms with van der Waals surface area (Å²) in [6.45, 7) is 0. The Bertz CT molecular complexity index is 997. The van der Waals surface area contributed by atoms with Crippen molar-refractivity contribution in [3.8, 4) is 12.1 Å². The van der Waals surface area contributed by atoms with Crippen LogP contribution in [0.15, 0.2) is 48.5 Å². The Kier molecular flexibility index (Phi) is 8.15. The Hall–Kier alpha value is -3.86. The minimum Gasteiger partial charge on any atom is -0.277 e. The minimum absolute atomic E-state index is 0.331. The maximum Gasteiger partial charge on any atom is 0.248 e. The molecule has 2 rings (SSSR count). The molecule has 2 N–H and O–H groups in total. The molecular formula is C21H18N6O2S2. The number of rotatable bonds is 4. The van der Waals surface area contributed by atoms with Crippen LogP contribution in [0, 0.1) is 22.7 Å². The third-order valence-corrected chi connectivity index (χ3v) is 5.06. The van der Waals surface area contributed by atoms with Gasteiger partial charge in [0.2, 0.25) is 11.8 Å². The highest BCUT2D eigenvalue weighted by molar-refractivity contribution is 7.80. The van der Waals surface area contributed by atoms with E-state index in [-0.39, 0.29) is 0 Å². The van der Waals surface area contributed by atoms with Crippen molar-refractivity contribution in [2.75, 3.05) is 14.1 Å². The Morgan fingerprint density at radius 2 is 1.10 bits per heavy atom. The average Bonchev–Trinajstić information content (AvgIpc) is 2.77. The summed E-state index contributed by atoms with van der Waals surface area (Å²) in [4.78, 5) is 25.0. The molecule has 0 aliphatic carbocycles. The number of nitrogens with zero attached hydrogens (tertiary/aromatic N) is 4. The largest absolute Gasteiger partial charge is 0.277 e. The lowest BCUT2D eigenvalue weighted by molar-refractivity contribution is -0.132. The smallest absolute Gasteiger partial charge is 0.248 e. The van der Waals surface area contributed by atoms with Gasteiger partial charge in [0.1, 0.15) is 16.4 Å². The molecular weight excluding hydrogens is 432 g/mol. The van der Waals surface area contributed by atoms with Crippen LogP contribution in [-0.4, -0.2) is 45.9 Å². The Labute approximate surface area is 190 Å². The molecule has 0 heterocycles. The molecule has 2 amide bonds. The van der Waals surface area contributed by atoms with Gasteiger partial charge in [-0.25, -0.2) is 0 Å². The van der Waals surface area contributed by atoms with Gasteiger partial charge >= 0.3 is 0 Å². The van der Waals surface area contributed by atoms with Gasteiger partial charge in [-0.15, -0.1) is 0 Å². The maximum absolute atomic E-state index is 12.2. The summed E-state index contributed by atoms with van der Waals surface area (Å²) >= 11 is 10.6. The van der Waals surface area contributed by atoms with Crippen molar-refractivity contribution in [1.82, 2.24) is 20.9 Å². The van der Waals surface area contributed by atoms with E-state index in [1.165, 1.54) is 10.0 Å². The highest BCUT2D eigenvalue weighted by Crippen LogP contribution is 2.08. The average molecular weight is 451 g/mol. The van der Waals surface area contributed by atoms with Gasteiger partial charge in [-0.05, 0) is 24.3 Å². The van der Waals surface area contributed by atoms with Crippen molar-refractivity contribution < 1.29 is 9.59 Å². The summed E-state index contributed by atoms with van der Waals surface area (Å²) in [6, 6.07) is 17.2. The zero-order valence-electron chi connectivity index (χ0n) is 16.7. The van der Waals surface area contributed by atoms with Gasteiger partial charge in [0.15, 0.2) is 0 Å². The number of thiocarbonyl (C=S) groups is 2. The second-order valence-electron chi connectivity index (χ2n) is 6.35. The lowest BCUT2D eigenvalue weighted by atomic mass is 10.1. The molecule has 0 aromatic heterocycles. The fourth-order valence-electron chi connectivity index (χ4n) is 2.46. The molecule has 31 heavy (non-hydrogen) atoms. The van der Waals surface area contributed by atoms with Crippen molar-refractivity contribution in [2.45, 2.75) is 6.42 Å². The third-order valence-electron chi connectivity index (χ3n) is 4.04. The Balaban J connectivity index is 1.87. The van der Waals surface area contributed by atoms with Gasteiger partial charge in [-0.3, -0.25) is 30.5 Å². The molecule has 0 aliphatic heterocycles. The molecule has 10 heteroatoms. The van der Waals surface area contributed by atoms with E-state index in [0.717, 1.165) is 0 Å². The predicted molar refractivity (Wildman–Crippen MR) is 122 cm³/mol. The van der Waals surface area contributed by atoms with Crippen molar-refractivity contribution in [1.29, 1.82) is 10.5 Å². The first-order valence-corrected chi connectivity index (χ1v) is 9.72. The molecule has 0 aliphatic rings. The number of nitrogens with one attached hydrogen (secondary N) is 2. The number of benzene rings is 2. The summed E-state index contributed by atoms with van der Waals surface area (Å²) < 4.78 is 0. The molecule has 2 aromatic rings. The number of hydrogen-bond acceptors (Lipinski definition) is 6. The minimum atomic E-state index is -0.561. The number of carbonyl (C=O) groups excluding carboxylic acids is 2. The predicted octanol–water partition coefficient (Wildman–Crippen LogP) is 1.80. The van der Waals surface area contributed by atoms with Crippen LogP contribution in [0.3, 0.4) is 0 Å². The maximum atomic E-state index is 12.2. The summed E-state index contributed by atoms with van der Waals surface area (Å²) in [5, 5.41) is 20.4. The van der Waals surface area contributed by atoms with Crippen molar-refractivity contribution >= 4 is 46.2 Å². The topological polar surface area (TPSA) is 112 Å². The van der Waals surface area contributed by atoms with Crippen LogP contribution < -0.4 is 10.9 Å². The van der Waals surface area contributed by atoms with Crippen LogP contribution in [0.25, 0.3) is 0 Å². The molecule has 156 valence electrons. The molecule has 0 atom stereocenters. The lowest BCUT2D eigenvalue weighted by Crippen LogP contribution is -2.47. The number of carbonyl (C=O) groups is 2. The van der Waals surface area contributed by atoms with Crippen LogP contribution in [0.1, 0.15) is 28.7 Å². The number of nitriles is 2. The zero-order valence-corrected chi connectivity index (χ0v) is 18.4. The van der Waals surface area contributed by atoms with Crippen molar-refractivity contribution in [3.05, 3.63) is 70.8 Å². The van der Waals surface area contributed by atoms with Gasteiger partial charge in [-0.2, -0.15) is 10.5 Å².